The average molecular weight is 558 g/mol. The predicted octanol–water partition coefficient (Wildman–Crippen LogP) is 8.58. The smallest absolute Gasteiger partial charge is 0.456 e. The maximum absolute atomic E-state index is 13.1. The first-order valence-electron chi connectivity index (χ1n) is 12.3. The fourth-order valence-electron chi connectivity index (χ4n) is 5.22. The van der Waals surface area contributed by atoms with Crippen LogP contribution in [-0.4, -0.2) is 18.5 Å². The number of nitrogens with zero attached hydrogens (tertiary/aromatic N) is 1. The highest BCUT2D eigenvalue weighted by Crippen LogP contribution is 2.40. The highest BCUT2D eigenvalue weighted by Gasteiger charge is 2.48. The third-order valence-corrected chi connectivity index (χ3v) is 7.93. The van der Waals surface area contributed by atoms with E-state index >= 15 is 0 Å². The molecule has 0 radical (unpaired) electrons. The molecule has 0 aliphatic carbocycles. The van der Waals surface area contributed by atoms with E-state index in [1.165, 1.54) is 12.1 Å². The largest absolute Gasteiger partial charge is 0.534 e. The highest BCUT2D eigenvalue weighted by molar-refractivity contribution is 7.88. The van der Waals surface area contributed by atoms with Gasteiger partial charge >= 0.3 is 15.6 Å². The van der Waals surface area contributed by atoms with Crippen LogP contribution in [0.15, 0.2) is 114 Å². The monoisotopic (exact) mass is 557 g/mol. The molecule has 198 valence electrons. The lowest BCUT2D eigenvalue weighted by molar-refractivity contribution is -0.0499. The number of hydrogen-bond donors (Lipinski definition) is 0. The van der Waals surface area contributed by atoms with E-state index in [2.05, 4.69) is 39.1 Å². The second-order valence-electron chi connectivity index (χ2n) is 9.35. The Balaban J connectivity index is 1.42. The number of furan rings is 1. The van der Waals surface area contributed by atoms with E-state index in [1.807, 2.05) is 48.5 Å². The summed E-state index contributed by atoms with van der Waals surface area (Å²) in [6, 6.07) is 33.7. The first-order valence-corrected chi connectivity index (χ1v) is 13.7. The minimum atomic E-state index is -5.86. The minimum Gasteiger partial charge on any atom is -0.456 e. The van der Waals surface area contributed by atoms with Gasteiger partial charge in [0.25, 0.3) is 0 Å². The maximum atomic E-state index is 13.1. The standard InChI is InChI=1S/C31H18F3NO4S/c32-31(33,34)40(36,37)39-29-12-6-11-28-30(29)24-18-20(14-16-27(24)38-28)19-13-15-26-23(17-19)22-9-4-5-10-25(22)35(26)21-7-2-1-3-8-21/h1-18H. The third-order valence-electron chi connectivity index (χ3n) is 6.96. The van der Waals surface area contributed by atoms with E-state index in [9.17, 15) is 21.6 Å². The number of benzene rings is 5. The molecule has 0 aliphatic rings. The molecule has 5 aromatic carbocycles. The molecule has 0 amide bonds. The van der Waals surface area contributed by atoms with Crippen LogP contribution in [-0.2, 0) is 10.1 Å². The zero-order valence-electron chi connectivity index (χ0n) is 20.5. The van der Waals surface area contributed by atoms with Gasteiger partial charge in [-0.3, -0.25) is 0 Å². The Morgan fingerprint density at radius 2 is 1.32 bits per heavy atom. The summed E-state index contributed by atoms with van der Waals surface area (Å²) in [6.45, 7) is 0. The lowest BCUT2D eigenvalue weighted by Gasteiger charge is -2.10. The van der Waals surface area contributed by atoms with Gasteiger partial charge in [-0.2, -0.15) is 21.6 Å². The fourth-order valence-corrected chi connectivity index (χ4v) is 5.69. The molecule has 7 aromatic rings. The minimum absolute atomic E-state index is 0.147. The van der Waals surface area contributed by atoms with Gasteiger partial charge in [0, 0.05) is 21.8 Å². The summed E-state index contributed by atoms with van der Waals surface area (Å²) in [5.41, 5.74) is -0.181. The van der Waals surface area contributed by atoms with Gasteiger partial charge in [-0.15, -0.1) is 0 Å². The van der Waals surface area contributed by atoms with Crippen LogP contribution in [0.25, 0.3) is 60.6 Å². The molecule has 40 heavy (non-hydrogen) atoms. The second kappa shape index (κ2) is 8.62. The first kappa shape index (κ1) is 24.3. The van der Waals surface area contributed by atoms with Crippen LogP contribution in [0.1, 0.15) is 0 Å². The van der Waals surface area contributed by atoms with Crippen LogP contribution in [0.5, 0.6) is 5.75 Å². The van der Waals surface area contributed by atoms with Crippen LogP contribution in [0.4, 0.5) is 13.2 Å². The van der Waals surface area contributed by atoms with Crippen LogP contribution in [0.2, 0.25) is 0 Å². The Hall–Kier alpha value is -4.76. The molecule has 0 atom stereocenters. The van der Waals surface area contributed by atoms with Crippen LogP contribution in [0, 0.1) is 0 Å². The molecule has 0 N–H and O–H groups in total. The maximum Gasteiger partial charge on any atom is 0.534 e. The van der Waals surface area contributed by atoms with E-state index in [4.69, 9.17) is 4.42 Å². The summed E-state index contributed by atoms with van der Waals surface area (Å²) in [4.78, 5) is 0. The quantitative estimate of drug-likeness (QED) is 0.161. The molecule has 0 saturated carbocycles. The average Bonchev–Trinajstić information content (AvgIpc) is 3.48. The van der Waals surface area contributed by atoms with Crippen molar-refractivity contribution in [2.75, 3.05) is 0 Å². The Kier molecular flexibility index (Phi) is 5.24. The van der Waals surface area contributed by atoms with Crippen molar-refractivity contribution in [2.24, 2.45) is 0 Å². The number of para-hydroxylation sites is 2. The Labute approximate surface area is 225 Å². The summed E-state index contributed by atoms with van der Waals surface area (Å²) < 4.78 is 75.2. The summed E-state index contributed by atoms with van der Waals surface area (Å²) in [5.74, 6) is -0.452. The molecular weight excluding hydrogens is 539 g/mol. The Morgan fingerprint density at radius 1 is 0.650 bits per heavy atom. The van der Waals surface area contributed by atoms with E-state index in [-0.39, 0.29) is 11.0 Å². The second-order valence-corrected chi connectivity index (χ2v) is 10.9. The number of alkyl halides is 3. The predicted molar refractivity (Wildman–Crippen MR) is 149 cm³/mol. The Bertz CT molecular complexity index is 2200. The highest BCUT2D eigenvalue weighted by atomic mass is 32.2. The number of fused-ring (bicyclic) bond motifs is 6. The first-order chi connectivity index (χ1) is 19.2. The van der Waals surface area contributed by atoms with Crippen molar-refractivity contribution >= 4 is 53.9 Å². The van der Waals surface area contributed by atoms with E-state index in [0.717, 1.165) is 38.6 Å². The van der Waals surface area contributed by atoms with Crippen molar-refractivity contribution < 1.29 is 30.2 Å². The molecule has 2 heterocycles. The van der Waals surface area contributed by atoms with Gasteiger partial charge in [0.05, 0.1) is 16.4 Å². The van der Waals surface area contributed by atoms with Crippen LogP contribution >= 0.6 is 0 Å². The van der Waals surface area contributed by atoms with Gasteiger partial charge in [-0.25, -0.2) is 0 Å². The SMILES string of the molecule is O=S(=O)(Oc1cccc2oc3ccc(-c4ccc5c(c4)c4ccccc4n5-c4ccccc4)cc3c12)C(F)(F)F. The molecular formula is C31H18F3NO4S. The summed E-state index contributed by atoms with van der Waals surface area (Å²) in [7, 11) is -5.86. The molecule has 2 aromatic heterocycles. The zero-order chi connectivity index (χ0) is 27.6. The molecule has 0 saturated heterocycles. The van der Waals surface area contributed by atoms with Gasteiger partial charge in [0.1, 0.15) is 11.2 Å². The van der Waals surface area contributed by atoms with Gasteiger partial charge in [0.2, 0.25) is 0 Å². The summed E-state index contributed by atoms with van der Waals surface area (Å²) >= 11 is 0. The molecule has 0 bridgehead atoms. The molecule has 0 unspecified atom stereocenters. The molecule has 0 aliphatic heterocycles. The van der Waals surface area contributed by atoms with Gasteiger partial charge in [-0.05, 0) is 65.7 Å². The van der Waals surface area contributed by atoms with Crippen molar-refractivity contribution in [1.82, 2.24) is 4.57 Å². The number of halogens is 3. The van der Waals surface area contributed by atoms with E-state index in [1.54, 1.807) is 18.2 Å². The Morgan fingerprint density at radius 3 is 2.10 bits per heavy atom. The van der Waals surface area contributed by atoms with Gasteiger partial charge in [-0.1, -0.05) is 54.6 Å². The lowest BCUT2D eigenvalue weighted by atomic mass is 10.0. The fraction of sp³-hybridized carbons (Fsp3) is 0.0323. The van der Waals surface area contributed by atoms with E-state index in [0.29, 0.717) is 11.0 Å². The lowest BCUT2D eigenvalue weighted by Crippen LogP contribution is -2.28. The van der Waals surface area contributed by atoms with Gasteiger partial charge < -0.3 is 13.2 Å². The molecule has 0 fully saturated rings. The molecule has 9 heteroatoms. The molecule has 0 spiro atoms. The normalized spacial score (nSPS) is 12.6. The topological polar surface area (TPSA) is 61.4 Å². The zero-order valence-corrected chi connectivity index (χ0v) is 21.3. The number of aromatic nitrogens is 1. The van der Waals surface area contributed by atoms with Crippen molar-refractivity contribution in [3.05, 3.63) is 109 Å². The van der Waals surface area contributed by atoms with Crippen molar-refractivity contribution in [2.45, 2.75) is 5.51 Å². The third kappa shape index (κ3) is 3.73. The van der Waals surface area contributed by atoms with E-state index < -0.39 is 21.4 Å². The van der Waals surface area contributed by atoms with Crippen molar-refractivity contribution in [3.63, 3.8) is 0 Å². The van der Waals surface area contributed by atoms with Crippen LogP contribution in [0.3, 0.4) is 0 Å². The molecule has 7 rings (SSSR count). The summed E-state index contributed by atoms with van der Waals surface area (Å²) in [6.07, 6.45) is 0. The molecule has 5 nitrogen and oxygen atoms in total. The van der Waals surface area contributed by atoms with Crippen molar-refractivity contribution in [1.29, 1.82) is 0 Å². The van der Waals surface area contributed by atoms with Gasteiger partial charge in [0.15, 0.2) is 5.75 Å². The number of rotatable bonds is 4. The van der Waals surface area contributed by atoms with Crippen LogP contribution < -0.4 is 4.18 Å². The van der Waals surface area contributed by atoms with Crippen molar-refractivity contribution in [3.8, 4) is 22.6 Å². The number of hydrogen-bond acceptors (Lipinski definition) is 4. The summed E-state index contributed by atoms with van der Waals surface area (Å²) in [5, 5.41) is 2.70.